The van der Waals surface area contributed by atoms with E-state index in [4.69, 9.17) is 9.84 Å². The molecule has 0 bridgehead atoms. The summed E-state index contributed by atoms with van der Waals surface area (Å²) in [4.78, 5) is 23.4. The summed E-state index contributed by atoms with van der Waals surface area (Å²) in [6.07, 6.45) is -0.262. The van der Waals surface area contributed by atoms with E-state index in [2.05, 4.69) is 0 Å². The van der Waals surface area contributed by atoms with Crippen molar-refractivity contribution >= 4 is 12.1 Å². The fourth-order valence-electron chi connectivity index (χ4n) is 1.08. The van der Waals surface area contributed by atoms with Gasteiger partial charge in [-0.1, -0.05) is 6.92 Å². The largest absolute Gasteiger partial charge is 0.480 e. The Balaban J connectivity index is 4.49. The topological polar surface area (TPSA) is 66.8 Å². The Bertz CT molecular complexity index is 244. The number of nitrogens with zero attached hydrogens (tertiary/aromatic N) is 1. The van der Waals surface area contributed by atoms with Crippen LogP contribution in [0.2, 0.25) is 0 Å². The lowest BCUT2D eigenvalue weighted by Crippen LogP contribution is -2.44. The molecule has 1 atom stereocenters. The van der Waals surface area contributed by atoms with Gasteiger partial charge in [0.15, 0.2) is 0 Å². The lowest BCUT2D eigenvalue weighted by molar-refractivity contribution is -0.142. The van der Waals surface area contributed by atoms with Gasteiger partial charge in [0.2, 0.25) is 0 Å². The van der Waals surface area contributed by atoms with E-state index in [1.165, 1.54) is 7.05 Å². The van der Waals surface area contributed by atoms with Crippen molar-refractivity contribution in [2.24, 2.45) is 0 Å². The fraction of sp³-hybridized carbons (Fsp3) is 0.800. The first-order valence-corrected chi connectivity index (χ1v) is 4.87. The molecule has 0 aromatic heterocycles. The van der Waals surface area contributed by atoms with Crippen LogP contribution in [0.4, 0.5) is 4.79 Å². The van der Waals surface area contributed by atoms with E-state index in [1.54, 1.807) is 27.7 Å². The highest BCUT2D eigenvalue weighted by atomic mass is 16.6. The Labute approximate surface area is 90.0 Å². The lowest BCUT2D eigenvalue weighted by Gasteiger charge is -2.27. The minimum absolute atomic E-state index is 0.352. The Morgan fingerprint density at radius 3 is 2.13 bits per heavy atom. The van der Waals surface area contributed by atoms with Crippen molar-refractivity contribution in [1.82, 2.24) is 4.90 Å². The number of hydrogen-bond donors (Lipinski definition) is 1. The second-order valence-electron chi connectivity index (χ2n) is 4.35. The van der Waals surface area contributed by atoms with Gasteiger partial charge >= 0.3 is 12.1 Å². The van der Waals surface area contributed by atoms with E-state index in [-0.39, 0.29) is 0 Å². The summed E-state index contributed by atoms with van der Waals surface area (Å²) in [7, 11) is 1.43. The zero-order valence-corrected chi connectivity index (χ0v) is 9.90. The number of amides is 1. The van der Waals surface area contributed by atoms with Crippen molar-refractivity contribution in [1.29, 1.82) is 0 Å². The smallest absolute Gasteiger partial charge is 0.410 e. The first-order chi connectivity index (χ1) is 6.69. The van der Waals surface area contributed by atoms with E-state index in [9.17, 15) is 9.59 Å². The van der Waals surface area contributed by atoms with Crippen LogP contribution in [0.3, 0.4) is 0 Å². The quantitative estimate of drug-likeness (QED) is 0.781. The van der Waals surface area contributed by atoms with Gasteiger partial charge in [0.25, 0.3) is 0 Å². The van der Waals surface area contributed by atoms with Gasteiger partial charge in [-0.3, -0.25) is 4.90 Å². The Morgan fingerprint density at radius 2 is 1.87 bits per heavy atom. The Kier molecular flexibility index (Phi) is 4.58. The summed E-state index contributed by atoms with van der Waals surface area (Å²) >= 11 is 0. The fourth-order valence-corrected chi connectivity index (χ4v) is 1.08. The van der Waals surface area contributed by atoms with Crippen LogP contribution in [0.15, 0.2) is 0 Å². The highest BCUT2D eigenvalue weighted by Gasteiger charge is 2.28. The number of carboxylic acids is 1. The third-order valence-electron chi connectivity index (χ3n) is 1.82. The summed E-state index contributed by atoms with van der Waals surface area (Å²) in [5, 5.41) is 8.84. The molecule has 0 aromatic carbocycles. The van der Waals surface area contributed by atoms with Gasteiger partial charge in [-0.15, -0.1) is 0 Å². The molecule has 0 saturated carbocycles. The molecule has 5 nitrogen and oxygen atoms in total. The average molecular weight is 217 g/mol. The van der Waals surface area contributed by atoms with Crippen molar-refractivity contribution in [2.45, 2.75) is 45.8 Å². The molecule has 0 aliphatic rings. The predicted octanol–water partition coefficient (Wildman–Crippen LogP) is 1.72. The van der Waals surface area contributed by atoms with Crippen LogP contribution >= 0.6 is 0 Å². The number of aliphatic carboxylic acids is 1. The third-order valence-corrected chi connectivity index (χ3v) is 1.82. The number of carboxylic acid groups (broad SMARTS) is 1. The maximum atomic E-state index is 11.5. The zero-order valence-electron chi connectivity index (χ0n) is 9.90. The third kappa shape index (κ3) is 4.67. The Morgan fingerprint density at radius 1 is 1.40 bits per heavy atom. The van der Waals surface area contributed by atoms with Crippen LogP contribution in [0.1, 0.15) is 34.1 Å². The molecule has 0 aliphatic heterocycles. The number of ether oxygens (including phenoxy) is 1. The molecule has 0 unspecified atom stereocenters. The molecule has 0 saturated heterocycles. The minimum atomic E-state index is -1.02. The van der Waals surface area contributed by atoms with E-state index in [1.807, 2.05) is 0 Å². The van der Waals surface area contributed by atoms with Gasteiger partial charge < -0.3 is 9.84 Å². The molecule has 88 valence electrons. The van der Waals surface area contributed by atoms with Crippen LogP contribution in [0.5, 0.6) is 0 Å². The van der Waals surface area contributed by atoms with Crippen molar-refractivity contribution in [3.63, 3.8) is 0 Å². The van der Waals surface area contributed by atoms with Gasteiger partial charge in [0.05, 0.1) is 0 Å². The first kappa shape index (κ1) is 13.7. The van der Waals surface area contributed by atoms with E-state index in [0.29, 0.717) is 6.42 Å². The van der Waals surface area contributed by atoms with E-state index in [0.717, 1.165) is 4.90 Å². The number of rotatable bonds is 3. The summed E-state index contributed by atoms with van der Waals surface area (Å²) in [6, 6.07) is -0.833. The van der Waals surface area contributed by atoms with Gasteiger partial charge in [-0.2, -0.15) is 0 Å². The predicted molar refractivity (Wildman–Crippen MR) is 55.7 cm³/mol. The highest BCUT2D eigenvalue weighted by Crippen LogP contribution is 2.12. The molecular weight excluding hydrogens is 198 g/mol. The molecule has 0 aromatic rings. The molecular formula is C10H19NO4. The van der Waals surface area contributed by atoms with Crippen molar-refractivity contribution < 1.29 is 19.4 Å². The summed E-state index contributed by atoms with van der Waals surface area (Å²) in [6.45, 7) is 6.92. The minimum Gasteiger partial charge on any atom is -0.480 e. The molecule has 0 fully saturated rings. The molecule has 5 heteroatoms. The molecule has 0 spiro atoms. The summed E-state index contributed by atoms with van der Waals surface area (Å²) in [5.41, 5.74) is -0.609. The number of likely N-dealkylation sites (N-methyl/N-ethyl adjacent to an activating group) is 1. The second-order valence-corrected chi connectivity index (χ2v) is 4.35. The van der Waals surface area contributed by atoms with Gasteiger partial charge in [0.1, 0.15) is 11.6 Å². The van der Waals surface area contributed by atoms with E-state index >= 15 is 0 Å². The maximum absolute atomic E-state index is 11.5. The monoisotopic (exact) mass is 217 g/mol. The van der Waals surface area contributed by atoms with Crippen molar-refractivity contribution in [3.8, 4) is 0 Å². The molecule has 15 heavy (non-hydrogen) atoms. The summed E-state index contributed by atoms with van der Waals surface area (Å²) < 4.78 is 5.06. The van der Waals surface area contributed by atoms with Crippen LogP contribution in [0, 0.1) is 0 Å². The van der Waals surface area contributed by atoms with Gasteiger partial charge in [-0.25, -0.2) is 9.59 Å². The van der Waals surface area contributed by atoms with Crippen LogP contribution < -0.4 is 0 Å². The molecule has 0 aliphatic carbocycles. The molecule has 1 amide bonds. The van der Waals surface area contributed by atoms with E-state index < -0.39 is 23.7 Å². The molecule has 1 N–H and O–H groups in total. The number of carbonyl (C=O) groups excluding carboxylic acids is 1. The van der Waals surface area contributed by atoms with Crippen LogP contribution in [-0.2, 0) is 9.53 Å². The standard InChI is InChI=1S/C10H19NO4/c1-6-7(8(12)13)11(5)9(14)15-10(2,3)4/h7H,6H2,1-5H3,(H,12,13)/t7-/m0/s1. The molecule has 0 radical (unpaired) electrons. The zero-order chi connectivity index (χ0) is 12.2. The van der Waals surface area contributed by atoms with Crippen molar-refractivity contribution in [3.05, 3.63) is 0 Å². The average Bonchev–Trinajstić information content (AvgIpc) is 2.01. The van der Waals surface area contributed by atoms with Crippen LogP contribution in [-0.4, -0.2) is 40.8 Å². The van der Waals surface area contributed by atoms with Gasteiger partial charge in [0, 0.05) is 7.05 Å². The maximum Gasteiger partial charge on any atom is 0.410 e. The summed E-state index contributed by atoms with van der Waals surface area (Å²) in [5.74, 6) is -1.02. The highest BCUT2D eigenvalue weighted by molar-refractivity contribution is 5.79. The van der Waals surface area contributed by atoms with Crippen LogP contribution in [0.25, 0.3) is 0 Å². The molecule has 0 heterocycles. The van der Waals surface area contributed by atoms with Gasteiger partial charge in [-0.05, 0) is 27.2 Å². The first-order valence-electron chi connectivity index (χ1n) is 4.87. The number of hydrogen-bond acceptors (Lipinski definition) is 3. The molecule has 0 rings (SSSR count). The van der Waals surface area contributed by atoms with Crippen molar-refractivity contribution in [2.75, 3.05) is 7.05 Å². The number of carbonyl (C=O) groups is 2. The lowest BCUT2D eigenvalue weighted by atomic mass is 10.2. The normalized spacial score (nSPS) is 13.1. The second kappa shape index (κ2) is 5.00. The SMILES string of the molecule is CC[C@@H](C(=O)O)N(C)C(=O)OC(C)(C)C. The Hall–Kier alpha value is -1.26.